The van der Waals surface area contributed by atoms with Crippen molar-refractivity contribution in [3.05, 3.63) is 34.5 Å². The highest BCUT2D eigenvalue weighted by Crippen LogP contribution is 2.34. The van der Waals surface area contributed by atoms with Crippen LogP contribution in [0, 0.1) is 6.92 Å². The number of aryl methyl sites for hydroxylation is 1. The second-order valence-electron chi connectivity index (χ2n) is 4.14. The lowest BCUT2D eigenvalue weighted by atomic mass is 10.1. The van der Waals surface area contributed by atoms with E-state index in [2.05, 4.69) is 10.1 Å². The third-order valence-electron chi connectivity index (χ3n) is 2.82. The molecule has 2 heterocycles. The number of nitrogens with two attached hydrogens (primary N) is 1. The fourth-order valence-corrected chi connectivity index (χ4v) is 2.59. The highest BCUT2D eigenvalue weighted by molar-refractivity contribution is 7.08. The summed E-state index contributed by atoms with van der Waals surface area (Å²) in [7, 11) is 0. The van der Waals surface area contributed by atoms with Gasteiger partial charge in [0.2, 0.25) is 5.82 Å². The van der Waals surface area contributed by atoms with Gasteiger partial charge in [0.05, 0.1) is 11.3 Å². The second kappa shape index (κ2) is 4.40. The van der Waals surface area contributed by atoms with E-state index in [1.54, 1.807) is 29.5 Å². The van der Waals surface area contributed by atoms with Gasteiger partial charge in [-0.3, -0.25) is 0 Å². The zero-order valence-electron chi connectivity index (χ0n) is 10.1. The van der Waals surface area contributed by atoms with E-state index in [0.29, 0.717) is 11.4 Å². The molecule has 19 heavy (non-hydrogen) atoms. The average Bonchev–Trinajstić information content (AvgIpc) is 3.01. The number of benzene rings is 1. The Hall–Kier alpha value is -2.34. The van der Waals surface area contributed by atoms with Gasteiger partial charge < -0.3 is 15.4 Å². The number of nitrogen functional groups attached to an aromatic ring is 1. The minimum Gasteiger partial charge on any atom is -0.505 e. The van der Waals surface area contributed by atoms with Crippen LogP contribution in [0.4, 0.5) is 5.69 Å². The summed E-state index contributed by atoms with van der Waals surface area (Å²) in [5.41, 5.74) is 8.39. The Morgan fingerprint density at radius 1 is 1.26 bits per heavy atom. The number of hydrogen-bond donors (Lipinski definition) is 2. The van der Waals surface area contributed by atoms with Crippen molar-refractivity contribution in [3.63, 3.8) is 0 Å². The molecule has 0 bridgehead atoms. The first-order chi connectivity index (χ1) is 9.16. The normalized spacial score (nSPS) is 10.8. The standard InChI is InChI=1S/C13H11N3O2S/c1-7-5-19-6-9(7)12-15-13(18-16-12)8-3-2-4-10(14)11(8)17/h2-6,17H,14H2,1H3. The Morgan fingerprint density at radius 2 is 2.11 bits per heavy atom. The highest BCUT2D eigenvalue weighted by atomic mass is 32.1. The fraction of sp³-hybridized carbons (Fsp3) is 0.0769. The molecule has 3 aromatic rings. The molecular formula is C13H11N3O2S. The van der Waals surface area contributed by atoms with E-state index >= 15 is 0 Å². The Balaban J connectivity index is 2.07. The topological polar surface area (TPSA) is 85.2 Å². The highest BCUT2D eigenvalue weighted by Gasteiger charge is 2.16. The van der Waals surface area contributed by atoms with Crippen molar-refractivity contribution in [2.75, 3.05) is 5.73 Å². The first-order valence-corrected chi connectivity index (χ1v) is 6.56. The van der Waals surface area contributed by atoms with E-state index < -0.39 is 0 Å². The quantitative estimate of drug-likeness (QED) is 0.553. The van der Waals surface area contributed by atoms with Crippen molar-refractivity contribution in [3.8, 4) is 28.6 Å². The summed E-state index contributed by atoms with van der Waals surface area (Å²) in [6, 6.07) is 5.02. The Bertz CT molecular complexity index is 733. The summed E-state index contributed by atoms with van der Waals surface area (Å²) >= 11 is 1.58. The average molecular weight is 273 g/mol. The van der Waals surface area contributed by atoms with Crippen molar-refractivity contribution in [2.24, 2.45) is 0 Å². The van der Waals surface area contributed by atoms with Crippen LogP contribution in [0.25, 0.3) is 22.8 Å². The number of nitrogens with zero attached hydrogens (tertiary/aromatic N) is 2. The minimum absolute atomic E-state index is 0.0419. The number of para-hydroxylation sites is 1. The number of phenols is 1. The molecule has 0 radical (unpaired) electrons. The molecule has 0 saturated carbocycles. The van der Waals surface area contributed by atoms with Crippen molar-refractivity contribution >= 4 is 17.0 Å². The molecule has 2 aromatic heterocycles. The third-order valence-corrected chi connectivity index (χ3v) is 3.68. The van der Waals surface area contributed by atoms with Gasteiger partial charge >= 0.3 is 0 Å². The summed E-state index contributed by atoms with van der Waals surface area (Å²) in [4.78, 5) is 4.30. The first kappa shape index (κ1) is 11.7. The van der Waals surface area contributed by atoms with Gasteiger partial charge in [-0.15, -0.1) is 0 Å². The van der Waals surface area contributed by atoms with Crippen molar-refractivity contribution in [1.29, 1.82) is 0 Å². The van der Waals surface area contributed by atoms with E-state index in [-0.39, 0.29) is 17.3 Å². The third kappa shape index (κ3) is 1.96. The van der Waals surface area contributed by atoms with E-state index in [0.717, 1.165) is 11.1 Å². The van der Waals surface area contributed by atoms with E-state index in [1.807, 2.05) is 17.7 Å². The molecule has 3 rings (SSSR count). The van der Waals surface area contributed by atoms with Crippen molar-refractivity contribution < 1.29 is 9.63 Å². The Labute approximate surface area is 113 Å². The van der Waals surface area contributed by atoms with Gasteiger partial charge in [-0.2, -0.15) is 16.3 Å². The van der Waals surface area contributed by atoms with Crippen LogP contribution in [0.2, 0.25) is 0 Å². The molecule has 0 saturated heterocycles. The largest absolute Gasteiger partial charge is 0.505 e. The van der Waals surface area contributed by atoms with E-state index in [9.17, 15) is 5.11 Å². The Morgan fingerprint density at radius 3 is 2.84 bits per heavy atom. The van der Waals surface area contributed by atoms with Gasteiger partial charge in [0.15, 0.2) is 5.75 Å². The number of thiophene rings is 1. The number of anilines is 1. The molecule has 0 atom stereocenters. The van der Waals surface area contributed by atoms with E-state index in [4.69, 9.17) is 10.3 Å². The second-order valence-corrected chi connectivity index (χ2v) is 4.88. The van der Waals surface area contributed by atoms with E-state index in [1.165, 1.54) is 0 Å². The van der Waals surface area contributed by atoms with Crippen LogP contribution in [-0.4, -0.2) is 15.2 Å². The molecule has 0 aliphatic rings. The molecule has 0 aliphatic heterocycles. The number of rotatable bonds is 2. The van der Waals surface area contributed by atoms with Gasteiger partial charge in [-0.1, -0.05) is 11.2 Å². The predicted molar refractivity (Wildman–Crippen MR) is 73.9 cm³/mol. The van der Waals surface area contributed by atoms with Gasteiger partial charge in [-0.25, -0.2) is 0 Å². The zero-order valence-corrected chi connectivity index (χ0v) is 10.9. The summed E-state index contributed by atoms with van der Waals surface area (Å²) in [5, 5.41) is 17.8. The number of hydrogen-bond acceptors (Lipinski definition) is 6. The summed E-state index contributed by atoms with van der Waals surface area (Å²) in [6.45, 7) is 1.99. The van der Waals surface area contributed by atoms with Crippen LogP contribution < -0.4 is 5.73 Å². The number of aromatic nitrogens is 2. The lowest BCUT2D eigenvalue weighted by Gasteiger charge is -2.01. The molecule has 0 aliphatic carbocycles. The summed E-state index contributed by atoms with van der Waals surface area (Å²) < 4.78 is 5.19. The maximum atomic E-state index is 9.89. The molecule has 0 spiro atoms. The Kier molecular flexibility index (Phi) is 2.72. The maximum absolute atomic E-state index is 9.89. The van der Waals surface area contributed by atoms with Crippen LogP contribution in [0.5, 0.6) is 5.75 Å². The first-order valence-electron chi connectivity index (χ1n) is 5.61. The monoisotopic (exact) mass is 273 g/mol. The van der Waals surface area contributed by atoms with Crippen LogP contribution in [0.1, 0.15) is 5.56 Å². The molecule has 0 amide bonds. The van der Waals surface area contributed by atoms with Crippen molar-refractivity contribution in [2.45, 2.75) is 6.92 Å². The number of aromatic hydroxyl groups is 1. The van der Waals surface area contributed by atoms with Crippen LogP contribution in [-0.2, 0) is 0 Å². The van der Waals surface area contributed by atoms with Crippen molar-refractivity contribution in [1.82, 2.24) is 10.1 Å². The van der Waals surface area contributed by atoms with Crippen LogP contribution in [0.3, 0.4) is 0 Å². The van der Waals surface area contributed by atoms with Crippen LogP contribution >= 0.6 is 11.3 Å². The zero-order chi connectivity index (χ0) is 13.4. The molecule has 6 heteroatoms. The smallest absolute Gasteiger partial charge is 0.262 e. The van der Waals surface area contributed by atoms with Gasteiger partial charge in [0.25, 0.3) is 5.89 Å². The fourth-order valence-electron chi connectivity index (χ4n) is 1.77. The molecule has 0 unspecified atom stereocenters. The molecule has 3 N–H and O–H groups in total. The molecular weight excluding hydrogens is 262 g/mol. The molecule has 5 nitrogen and oxygen atoms in total. The lowest BCUT2D eigenvalue weighted by molar-refractivity contribution is 0.426. The SMILES string of the molecule is Cc1cscc1-c1noc(-c2cccc(N)c2O)n1. The molecule has 0 fully saturated rings. The lowest BCUT2D eigenvalue weighted by Crippen LogP contribution is -1.88. The minimum atomic E-state index is -0.0419. The number of phenolic OH excluding ortho intramolecular Hbond substituents is 1. The van der Waals surface area contributed by atoms with Gasteiger partial charge in [-0.05, 0) is 30.0 Å². The van der Waals surface area contributed by atoms with Gasteiger partial charge in [0, 0.05) is 10.9 Å². The summed E-state index contributed by atoms with van der Waals surface area (Å²) in [6.07, 6.45) is 0. The van der Waals surface area contributed by atoms with Crippen LogP contribution in [0.15, 0.2) is 33.5 Å². The molecule has 96 valence electrons. The summed E-state index contributed by atoms with van der Waals surface area (Å²) in [5.74, 6) is 0.723. The van der Waals surface area contributed by atoms with Gasteiger partial charge in [0.1, 0.15) is 0 Å². The maximum Gasteiger partial charge on any atom is 0.262 e. The molecule has 1 aromatic carbocycles. The predicted octanol–water partition coefficient (Wildman–Crippen LogP) is 3.06.